The molecule has 1 aliphatic heterocycles. The van der Waals surface area contributed by atoms with Crippen LogP contribution in [0.15, 0.2) is 73.1 Å². The number of fused-ring (bicyclic) bond motifs is 2. The van der Waals surface area contributed by atoms with Gasteiger partial charge in [0.2, 0.25) is 5.91 Å². The second-order valence-electron chi connectivity index (χ2n) is 7.58. The van der Waals surface area contributed by atoms with Crippen molar-refractivity contribution in [2.45, 2.75) is 23.7 Å². The van der Waals surface area contributed by atoms with E-state index in [1.165, 1.54) is 0 Å². The summed E-state index contributed by atoms with van der Waals surface area (Å²) in [5, 5.41) is 12.2. The normalized spacial score (nSPS) is 24.6. The number of aromatic nitrogens is 1. The van der Waals surface area contributed by atoms with Crippen molar-refractivity contribution in [3.05, 3.63) is 95.3 Å². The summed E-state index contributed by atoms with van der Waals surface area (Å²) in [5.74, 6) is -0.916. The van der Waals surface area contributed by atoms with Crippen LogP contribution in [0.5, 0.6) is 0 Å². The summed E-state index contributed by atoms with van der Waals surface area (Å²) in [4.78, 5) is 28.6. The highest BCUT2D eigenvalue weighted by molar-refractivity contribution is 6.10. The summed E-state index contributed by atoms with van der Waals surface area (Å²) < 4.78 is 0. The lowest BCUT2D eigenvalue weighted by atomic mass is 9.79. The zero-order chi connectivity index (χ0) is 19.4. The number of rotatable bonds is 4. The largest absolute Gasteiger partial charge is 0.478 e. The summed E-state index contributed by atoms with van der Waals surface area (Å²) in [5.41, 5.74) is 3.19. The predicted octanol–water partition coefficient (Wildman–Crippen LogP) is 3.55. The molecule has 5 rings (SSSR count). The number of aromatic carboxylic acids is 1. The highest BCUT2D eigenvalue weighted by Crippen LogP contribution is 2.70. The van der Waals surface area contributed by atoms with Crippen molar-refractivity contribution in [1.82, 2.24) is 4.98 Å². The lowest BCUT2D eigenvalue weighted by Crippen LogP contribution is -2.31. The van der Waals surface area contributed by atoms with Crippen LogP contribution in [-0.2, 0) is 22.0 Å². The SMILES string of the molecule is O=C(O)c1ccc(C[C@@]2(c3cccnc3)C[C@@]23C(=O)Nc2ccccc23)cc1. The van der Waals surface area contributed by atoms with Crippen LogP contribution in [0.2, 0.25) is 0 Å². The number of carboxylic acids is 1. The van der Waals surface area contributed by atoms with Gasteiger partial charge in [-0.05, 0) is 53.8 Å². The molecule has 0 saturated heterocycles. The van der Waals surface area contributed by atoms with Crippen LogP contribution in [0.25, 0.3) is 0 Å². The molecule has 1 amide bonds. The van der Waals surface area contributed by atoms with E-state index in [1.807, 2.05) is 54.7 Å². The van der Waals surface area contributed by atoms with Crippen molar-refractivity contribution < 1.29 is 14.7 Å². The molecule has 138 valence electrons. The van der Waals surface area contributed by atoms with E-state index >= 15 is 0 Å². The molecule has 0 unspecified atom stereocenters. The van der Waals surface area contributed by atoms with Crippen molar-refractivity contribution in [1.29, 1.82) is 0 Å². The minimum atomic E-state index is -0.944. The average Bonchev–Trinajstić information content (AvgIpc) is 3.31. The summed E-state index contributed by atoms with van der Waals surface area (Å²) >= 11 is 0. The number of para-hydroxylation sites is 1. The first-order valence-corrected chi connectivity index (χ1v) is 9.21. The molecule has 2 aliphatic rings. The third-order valence-corrected chi connectivity index (χ3v) is 6.20. The second kappa shape index (κ2) is 5.76. The Kier molecular flexibility index (Phi) is 3.43. The average molecular weight is 370 g/mol. The summed E-state index contributed by atoms with van der Waals surface area (Å²) in [6.45, 7) is 0. The Labute approximate surface area is 162 Å². The smallest absolute Gasteiger partial charge is 0.335 e. The van der Waals surface area contributed by atoms with Crippen LogP contribution in [0.1, 0.15) is 33.5 Å². The second-order valence-corrected chi connectivity index (χ2v) is 7.58. The number of anilines is 1. The van der Waals surface area contributed by atoms with E-state index < -0.39 is 16.8 Å². The number of carboxylic acid groups (broad SMARTS) is 1. The Hall–Kier alpha value is -3.47. The van der Waals surface area contributed by atoms with Gasteiger partial charge < -0.3 is 10.4 Å². The van der Waals surface area contributed by atoms with E-state index in [4.69, 9.17) is 5.11 Å². The number of carbonyl (C=O) groups is 2. The van der Waals surface area contributed by atoms with Crippen LogP contribution in [0.3, 0.4) is 0 Å². The summed E-state index contributed by atoms with van der Waals surface area (Å²) in [6.07, 6.45) is 4.92. The predicted molar refractivity (Wildman–Crippen MR) is 104 cm³/mol. The van der Waals surface area contributed by atoms with Gasteiger partial charge in [-0.2, -0.15) is 0 Å². The third kappa shape index (κ3) is 2.16. The van der Waals surface area contributed by atoms with E-state index in [0.29, 0.717) is 12.8 Å². The zero-order valence-electron chi connectivity index (χ0n) is 15.1. The minimum absolute atomic E-state index is 0.0275. The number of amides is 1. The molecule has 28 heavy (non-hydrogen) atoms. The molecule has 1 spiro atoms. The van der Waals surface area contributed by atoms with Crippen LogP contribution < -0.4 is 5.32 Å². The fraction of sp³-hybridized carbons (Fsp3) is 0.174. The van der Waals surface area contributed by atoms with Crippen molar-refractivity contribution in [3.8, 4) is 0 Å². The molecular weight excluding hydrogens is 352 g/mol. The Morgan fingerprint density at radius 3 is 2.57 bits per heavy atom. The molecule has 1 fully saturated rings. The van der Waals surface area contributed by atoms with Crippen molar-refractivity contribution in [3.63, 3.8) is 0 Å². The molecule has 2 heterocycles. The Balaban J connectivity index is 1.62. The van der Waals surface area contributed by atoms with Crippen molar-refractivity contribution in [2.24, 2.45) is 0 Å². The van der Waals surface area contributed by atoms with Crippen LogP contribution in [-0.4, -0.2) is 22.0 Å². The molecule has 1 aliphatic carbocycles. The van der Waals surface area contributed by atoms with Gasteiger partial charge in [0.1, 0.15) is 0 Å². The fourth-order valence-electron chi connectivity index (χ4n) is 4.80. The molecule has 2 atom stereocenters. The first-order chi connectivity index (χ1) is 13.6. The van der Waals surface area contributed by atoms with Gasteiger partial charge in [0.15, 0.2) is 0 Å². The lowest BCUT2D eigenvalue weighted by molar-refractivity contribution is -0.118. The maximum Gasteiger partial charge on any atom is 0.335 e. The topological polar surface area (TPSA) is 79.3 Å². The summed E-state index contributed by atoms with van der Waals surface area (Å²) in [7, 11) is 0. The van der Waals surface area contributed by atoms with Gasteiger partial charge in [-0.3, -0.25) is 9.78 Å². The van der Waals surface area contributed by atoms with E-state index in [1.54, 1.807) is 18.3 Å². The number of nitrogens with one attached hydrogen (secondary N) is 1. The molecule has 0 bridgehead atoms. The maximum atomic E-state index is 13.1. The molecule has 3 aromatic rings. The van der Waals surface area contributed by atoms with Crippen molar-refractivity contribution >= 4 is 17.6 Å². The molecule has 1 aromatic heterocycles. The van der Waals surface area contributed by atoms with Gasteiger partial charge in [-0.25, -0.2) is 4.79 Å². The molecule has 0 radical (unpaired) electrons. The van der Waals surface area contributed by atoms with Crippen LogP contribution in [0, 0.1) is 0 Å². The van der Waals surface area contributed by atoms with Gasteiger partial charge in [0, 0.05) is 23.5 Å². The van der Waals surface area contributed by atoms with Crippen molar-refractivity contribution in [2.75, 3.05) is 5.32 Å². The van der Waals surface area contributed by atoms with Crippen LogP contribution in [0.4, 0.5) is 5.69 Å². The molecule has 5 heteroatoms. The van der Waals surface area contributed by atoms with Gasteiger partial charge in [-0.1, -0.05) is 36.4 Å². The first kappa shape index (κ1) is 16.7. The highest BCUT2D eigenvalue weighted by Gasteiger charge is 2.75. The number of hydrogen-bond acceptors (Lipinski definition) is 3. The molecule has 1 saturated carbocycles. The zero-order valence-corrected chi connectivity index (χ0v) is 15.1. The van der Waals surface area contributed by atoms with Crippen LogP contribution >= 0.6 is 0 Å². The maximum absolute atomic E-state index is 13.1. The third-order valence-electron chi connectivity index (χ3n) is 6.20. The van der Waals surface area contributed by atoms with E-state index in [2.05, 4.69) is 10.3 Å². The molecule has 5 nitrogen and oxygen atoms in total. The first-order valence-electron chi connectivity index (χ1n) is 9.21. The Morgan fingerprint density at radius 1 is 1.07 bits per heavy atom. The van der Waals surface area contributed by atoms with Gasteiger partial charge in [0.25, 0.3) is 0 Å². The standard InChI is InChI=1S/C23H18N2O3/c26-20(27)16-9-7-15(8-10-16)12-22(17-4-3-11-24-13-17)14-23(22)18-5-1-2-6-19(18)25-21(23)28/h1-11,13H,12,14H2,(H,25,28)(H,26,27)/t22-,23+/m0/s1. The fourth-order valence-corrected chi connectivity index (χ4v) is 4.80. The van der Waals surface area contributed by atoms with Gasteiger partial charge in [-0.15, -0.1) is 0 Å². The number of benzene rings is 2. The van der Waals surface area contributed by atoms with E-state index in [0.717, 1.165) is 22.4 Å². The molecule has 2 aromatic carbocycles. The summed E-state index contributed by atoms with van der Waals surface area (Å²) in [6, 6.07) is 18.7. The van der Waals surface area contributed by atoms with E-state index in [9.17, 15) is 9.59 Å². The van der Waals surface area contributed by atoms with E-state index in [-0.39, 0.29) is 11.5 Å². The minimum Gasteiger partial charge on any atom is -0.478 e. The lowest BCUT2D eigenvalue weighted by Gasteiger charge is -2.22. The van der Waals surface area contributed by atoms with Gasteiger partial charge in [0.05, 0.1) is 11.0 Å². The quantitative estimate of drug-likeness (QED) is 0.736. The number of carbonyl (C=O) groups excluding carboxylic acids is 1. The Morgan fingerprint density at radius 2 is 1.86 bits per heavy atom. The number of pyridine rings is 1. The molecule has 2 N–H and O–H groups in total. The number of nitrogens with zero attached hydrogens (tertiary/aromatic N) is 1. The van der Waals surface area contributed by atoms with Gasteiger partial charge >= 0.3 is 5.97 Å². The monoisotopic (exact) mass is 370 g/mol. The highest BCUT2D eigenvalue weighted by atomic mass is 16.4. The number of hydrogen-bond donors (Lipinski definition) is 2. The Bertz CT molecular complexity index is 1090. The molecular formula is C23H18N2O3.